The summed E-state index contributed by atoms with van der Waals surface area (Å²) in [6, 6.07) is 8.99. The number of likely N-dealkylation sites (tertiary alicyclic amines) is 1. The lowest BCUT2D eigenvalue weighted by Gasteiger charge is -2.56. The van der Waals surface area contributed by atoms with Crippen LogP contribution in [0, 0.1) is 5.41 Å². The van der Waals surface area contributed by atoms with E-state index in [0.717, 1.165) is 30.4 Å². The van der Waals surface area contributed by atoms with Gasteiger partial charge in [0.25, 0.3) is 0 Å². The van der Waals surface area contributed by atoms with E-state index in [-0.39, 0.29) is 0 Å². The normalized spacial score (nSPS) is 24.2. The molecule has 2 aliphatic rings. The van der Waals surface area contributed by atoms with Crippen LogP contribution < -0.4 is 0 Å². The number of benzene rings is 1. The molecule has 1 saturated carbocycles. The van der Waals surface area contributed by atoms with Crippen LogP contribution in [0.15, 0.2) is 28.7 Å². The van der Waals surface area contributed by atoms with Crippen LogP contribution in [-0.2, 0) is 4.79 Å². The molecule has 1 saturated heterocycles. The lowest BCUT2D eigenvalue weighted by Crippen LogP contribution is -2.62. The highest BCUT2D eigenvalue weighted by Gasteiger charge is 2.52. The second-order valence-corrected chi connectivity index (χ2v) is 6.44. The summed E-state index contributed by atoms with van der Waals surface area (Å²) in [5.74, 6) is 0.445. The molecule has 1 heterocycles. The molecule has 1 aliphatic carbocycles. The quantitative estimate of drug-likeness (QED) is 0.835. The van der Waals surface area contributed by atoms with Crippen LogP contribution >= 0.6 is 15.9 Å². The predicted octanol–water partition coefficient (Wildman–Crippen LogP) is 3.18. The Morgan fingerprint density at radius 2 is 1.82 bits per heavy atom. The molecule has 3 heteroatoms. The third-order valence-corrected chi connectivity index (χ3v) is 4.65. The fourth-order valence-corrected chi connectivity index (χ4v) is 3.31. The van der Waals surface area contributed by atoms with Crippen LogP contribution in [0.5, 0.6) is 0 Å². The molecule has 0 N–H and O–H groups in total. The summed E-state index contributed by atoms with van der Waals surface area (Å²) in [4.78, 5) is 13.5. The summed E-state index contributed by atoms with van der Waals surface area (Å²) in [6.45, 7) is 4.43. The van der Waals surface area contributed by atoms with E-state index < -0.39 is 0 Å². The highest BCUT2D eigenvalue weighted by Crippen LogP contribution is 2.48. The first-order valence-electron chi connectivity index (χ1n) is 6.09. The van der Waals surface area contributed by atoms with Gasteiger partial charge in [-0.25, -0.2) is 0 Å². The van der Waals surface area contributed by atoms with Crippen LogP contribution in [0.1, 0.15) is 31.4 Å². The van der Waals surface area contributed by atoms with E-state index in [1.807, 2.05) is 0 Å². The van der Waals surface area contributed by atoms with E-state index in [0.29, 0.717) is 17.2 Å². The third kappa shape index (κ3) is 1.95. The first-order chi connectivity index (χ1) is 8.08. The smallest absolute Gasteiger partial charge is 0.134 e. The summed E-state index contributed by atoms with van der Waals surface area (Å²) in [7, 11) is 0. The largest absolute Gasteiger partial charge is 0.300 e. The van der Waals surface area contributed by atoms with Gasteiger partial charge in [-0.3, -0.25) is 9.69 Å². The van der Waals surface area contributed by atoms with Gasteiger partial charge in [0.05, 0.1) is 0 Å². The minimum Gasteiger partial charge on any atom is -0.300 e. The Morgan fingerprint density at radius 3 is 2.35 bits per heavy atom. The van der Waals surface area contributed by atoms with Crippen LogP contribution in [0.4, 0.5) is 0 Å². The molecule has 1 aliphatic heterocycles. The van der Waals surface area contributed by atoms with Gasteiger partial charge in [-0.15, -0.1) is 0 Å². The molecular formula is C14H16BrNO. The maximum absolute atomic E-state index is 11.1. The minimum absolute atomic E-state index is 0.362. The van der Waals surface area contributed by atoms with Crippen molar-refractivity contribution in [1.82, 2.24) is 4.90 Å². The number of halogens is 1. The molecule has 17 heavy (non-hydrogen) atoms. The molecule has 1 atom stereocenters. The fraction of sp³-hybridized carbons (Fsp3) is 0.500. The number of Topliss-reactive ketones (excluding diaryl/α,β-unsaturated/α-hetero) is 1. The van der Waals surface area contributed by atoms with Crippen molar-refractivity contribution < 1.29 is 4.79 Å². The first kappa shape index (κ1) is 11.4. The highest BCUT2D eigenvalue weighted by molar-refractivity contribution is 9.10. The third-order valence-electron chi connectivity index (χ3n) is 4.12. The van der Waals surface area contributed by atoms with Gasteiger partial charge in [0.15, 0.2) is 0 Å². The van der Waals surface area contributed by atoms with Gasteiger partial charge in [0.2, 0.25) is 0 Å². The number of carbonyl (C=O) groups excluding carboxylic acids is 1. The van der Waals surface area contributed by atoms with Crippen molar-refractivity contribution >= 4 is 21.7 Å². The molecule has 0 radical (unpaired) electrons. The maximum Gasteiger partial charge on any atom is 0.134 e. The number of ketones is 1. The van der Waals surface area contributed by atoms with E-state index >= 15 is 0 Å². The van der Waals surface area contributed by atoms with E-state index in [4.69, 9.17) is 0 Å². The van der Waals surface area contributed by atoms with Crippen molar-refractivity contribution in [2.75, 3.05) is 13.1 Å². The van der Waals surface area contributed by atoms with Gasteiger partial charge in [-0.05, 0) is 24.6 Å². The summed E-state index contributed by atoms with van der Waals surface area (Å²) in [5, 5.41) is 0. The Labute approximate surface area is 110 Å². The second-order valence-electron chi connectivity index (χ2n) is 5.52. The van der Waals surface area contributed by atoms with Crippen molar-refractivity contribution in [3.05, 3.63) is 34.3 Å². The summed E-state index contributed by atoms with van der Waals surface area (Å²) >= 11 is 3.46. The summed E-state index contributed by atoms with van der Waals surface area (Å²) in [6.07, 6.45) is 1.63. The monoisotopic (exact) mass is 293 g/mol. The topological polar surface area (TPSA) is 20.3 Å². The molecule has 2 nitrogen and oxygen atoms in total. The molecule has 1 unspecified atom stereocenters. The Kier molecular flexibility index (Phi) is 2.64. The zero-order chi connectivity index (χ0) is 12.0. The van der Waals surface area contributed by atoms with Crippen LogP contribution in [0.25, 0.3) is 0 Å². The Bertz CT molecular complexity index is 438. The molecule has 1 spiro atoms. The SMILES string of the molecule is CC(c1ccc(Br)cc1)N1CC2(CC(=O)C2)C1. The van der Waals surface area contributed by atoms with Gasteiger partial charge in [-0.1, -0.05) is 28.1 Å². The van der Waals surface area contributed by atoms with Crippen molar-refractivity contribution in [2.45, 2.75) is 25.8 Å². The van der Waals surface area contributed by atoms with Crippen LogP contribution in [0.2, 0.25) is 0 Å². The standard InChI is InChI=1S/C14H16BrNO/c1-10(11-2-4-12(15)5-3-11)16-8-14(9-16)6-13(17)7-14/h2-5,10H,6-9H2,1H3. The lowest BCUT2D eigenvalue weighted by molar-refractivity contribution is -0.148. The number of hydrogen-bond donors (Lipinski definition) is 0. The number of rotatable bonds is 2. The number of carbonyl (C=O) groups is 1. The van der Waals surface area contributed by atoms with Gasteiger partial charge in [-0.2, -0.15) is 0 Å². The van der Waals surface area contributed by atoms with E-state index in [9.17, 15) is 4.79 Å². The highest BCUT2D eigenvalue weighted by atomic mass is 79.9. The minimum atomic E-state index is 0.362. The molecule has 90 valence electrons. The maximum atomic E-state index is 11.1. The van der Waals surface area contributed by atoms with Crippen molar-refractivity contribution in [1.29, 1.82) is 0 Å². The average molecular weight is 294 g/mol. The van der Waals surface area contributed by atoms with Gasteiger partial charge >= 0.3 is 0 Å². The Hall–Kier alpha value is -0.670. The zero-order valence-corrected chi connectivity index (χ0v) is 11.5. The lowest BCUT2D eigenvalue weighted by atomic mass is 9.62. The Morgan fingerprint density at radius 1 is 1.24 bits per heavy atom. The summed E-state index contributed by atoms with van der Waals surface area (Å²) in [5.41, 5.74) is 1.72. The van der Waals surface area contributed by atoms with Gasteiger partial charge in [0.1, 0.15) is 5.78 Å². The number of hydrogen-bond acceptors (Lipinski definition) is 2. The molecule has 2 fully saturated rings. The predicted molar refractivity (Wildman–Crippen MR) is 70.8 cm³/mol. The molecular weight excluding hydrogens is 278 g/mol. The molecule has 0 bridgehead atoms. The zero-order valence-electron chi connectivity index (χ0n) is 9.95. The molecule has 1 aromatic rings. The van der Waals surface area contributed by atoms with E-state index in [1.54, 1.807) is 0 Å². The molecule has 0 aromatic heterocycles. The van der Waals surface area contributed by atoms with Gasteiger partial charge < -0.3 is 0 Å². The van der Waals surface area contributed by atoms with Crippen molar-refractivity contribution in [3.63, 3.8) is 0 Å². The molecule has 3 rings (SSSR count). The van der Waals surface area contributed by atoms with E-state index in [2.05, 4.69) is 52.0 Å². The van der Waals surface area contributed by atoms with Crippen molar-refractivity contribution in [3.8, 4) is 0 Å². The van der Waals surface area contributed by atoms with Crippen LogP contribution in [0.3, 0.4) is 0 Å². The van der Waals surface area contributed by atoms with E-state index in [1.165, 1.54) is 5.56 Å². The van der Waals surface area contributed by atoms with Gasteiger partial charge in [0, 0.05) is 41.9 Å². The van der Waals surface area contributed by atoms with Crippen LogP contribution in [-0.4, -0.2) is 23.8 Å². The van der Waals surface area contributed by atoms with Crippen molar-refractivity contribution in [2.24, 2.45) is 5.41 Å². The fourth-order valence-electron chi connectivity index (χ4n) is 3.05. The first-order valence-corrected chi connectivity index (χ1v) is 6.89. The second kappa shape index (κ2) is 3.92. The molecule has 0 amide bonds. The number of nitrogens with zero attached hydrogens (tertiary/aromatic N) is 1. The Balaban J connectivity index is 1.63. The average Bonchev–Trinajstić information content (AvgIpc) is 2.21. The summed E-state index contributed by atoms with van der Waals surface area (Å²) < 4.78 is 1.12. The molecule has 1 aromatic carbocycles.